The van der Waals surface area contributed by atoms with E-state index in [0.717, 1.165) is 36.3 Å². The Bertz CT molecular complexity index is 916. The molecule has 2 aromatic rings. The SMILES string of the molecule is CCC1(CC)Cc2ccc(OC)cc2/C(=C/C(=O)c2ccc(C#N)cc2)N1. The molecule has 138 valence electrons. The number of nitrogens with one attached hydrogen (secondary N) is 1. The molecule has 4 heteroatoms. The van der Waals surface area contributed by atoms with Crippen molar-refractivity contribution in [2.45, 2.75) is 38.6 Å². The van der Waals surface area contributed by atoms with E-state index in [1.807, 2.05) is 12.1 Å². The van der Waals surface area contributed by atoms with Crippen LogP contribution < -0.4 is 10.1 Å². The van der Waals surface area contributed by atoms with E-state index >= 15 is 0 Å². The van der Waals surface area contributed by atoms with Crippen LogP contribution in [-0.2, 0) is 6.42 Å². The minimum Gasteiger partial charge on any atom is -0.497 e. The average molecular weight is 360 g/mol. The van der Waals surface area contributed by atoms with Crippen molar-refractivity contribution in [3.05, 3.63) is 70.8 Å². The summed E-state index contributed by atoms with van der Waals surface area (Å²) in [5.41, 5.74) is 4.11. The van der Waals surface area contributed by atoms with Gasteiger partial charge in [-0.25, -0.2) is 0 Å². The van der Waals surface area contributed by atoms with Crippen LogP contribution in [0.5, 0.6) is 5.75 Å². The van der Waals surface area contributed by atoms with Crippen molar-refractivity contribution >= 4 is 11.5 Å². The van der Waals surface area contributed by atoms with Crippen molar-refractivity contribution in [3.8, 4) is 11.8 Å². The quantitative estimate of drug-likeness (QED) is 0.630. The van der Waals surface area contributed by atoms with Gasteiger partial charge < -0.3 is 10.1 Å². The molecule has 2 aromatic carbocycles. The molecule has 1 aliphatic heterocycles. The van der Waals surface area contributed by atoms with Crippen molar-refractivity contribution in [1.82, 2.24) is 5.32 Å². The number of fused-ring (bicyclic) bond motifs is 1. The summed E-state index contributed by atoms with van der Waals surface area (Å²) in [7, 11) is 1.64. The maximum atomic E-state index is 12.8. The molecular formula is C23H24N2O2. The predicted octanol–water partition coefficient (Wildman–Crippen LogP) is 4.50. The highest BCUT2D eigenvalue weighted by Crippen LogP contribution is 2.35. The van der Waals surface area contributed by atoms with Gasteiger partial charge >= 0.3 is 0 Å². The van der Waals surface area contributed by atoms with Gasteiger partial charge in [0.15, 0.2) is 5.78 Å². The molecule has 0 unspecified atom stereocenters. The summed E-state index contributed by atoms with van der Waals surface area (Å²) >= 11 is 0. The Morgan fingerprint density at radius 3 is 2.52 bits per heavy atom. The zero-order chi connectivity index (χ0) is 19.4. The number of ketones is 1. The van der Waals surface area contributed by atoms with Crippen molar-refractivity contribution in [3.63, 3.8) is 0 Å². The van der Waals surface area contributed by atoms with E-state index in [4.69, 9.17) is 10.00 Å². The Morgan fingerprint density at radius 2 is 1.93 bits per heavy atom. The normalized spacial score (nSPS) is 16.1. The molecule has 0 radical (unpaired) electrons. The van der Waals surface area contributed by atoms with E-state index in [0.29, 0.717) is 11.1 Å². The summed E-state index contributed by atoms with van der Waals surface area (Å²) in [5.74, 6) is 0.687. The smallest absolute Gasteiger partial charge is 0.187 e. The number of allylic oxidation sites excluding steroid dienone is 1. The van der Waals surface area contributed by atoms with Crippen LogP contribution in [0.25, 0.3) is 5.70 Å². The number of hydrogen-bond acceptors (Lipinski definition) is 4. The number of methoxy groups -OCH3 is 1. The highest BCUT2D eigenvalue weighted by Gasteiger charge is 2.33. The third kappa shape index (κ3) is 3.73. The first-order valence-electron chi connectivity index (χ1n) is 9.26. The maximum Gasteiger partial charge on any atom is 0.187 e. The summed E-state index contributed by atoms with van der Waals surface area (Å²) in [6, 6.07) is 14.8. The molecule has 0 spiro atoms. The molecule has 4 nitrogen and oxygen atoms in total. The average Bonchev–Trinajstić information content (AvgIpc) is 2.73. The van der Waals surface area contributed by atoms with Crippen LogP contribution in [0.4, 0.5) is 0 Å². The standard InChI is InChI=1S/C23H24N2O2/c1-4-23(5-2)14-18-10-11-19(27-3)12-20(18)21(25-23)13-22(26)17-8-6-16(15-24)7-9-17/h6-13,25H,4-5,14H2,1-3H3/b21-13-. The third-order valence-electron chi connectivity index (χ3n) is 5.46. The van der Waals surface area contributed by atoms with Gasteiger partial charge in [0.1, 0.15) is 5.75 Å². The molecule has 0 atom stereocenters. The molecular weight excluding hydrogens is 336 g/mol. The summed E-state index contributed by atoms with van der Waals surface area (Å²) < 4.78 is 5.38. The maximum absolute atomic E-state index is 12.8. The fraction of sp³-hybridized carbons (Fsp3) is 0.304. The molecule has 0 fully saturated rings. The van der Waals surface area contributed by atoms with Gasteiger partial charge in [0.05, 0.1) is 18.7 Å². The minimum absolute atomic E-state index is 0.0572. The van der Waals surface area contributed by atoms with E-state index in [1.165, 1.54) is 5.56 Å². The number of carbonyl (C=O) groups is 1. The van der Waals surface area contributed by atoms with Crippen molar-refractivity contribution < 1.29 is 9.53 Å². The molecule has 0 saturated heterocycles. The fourth-order valence-corrected chi connectivity index (χ4v) is 3.56. The molecule has 0 aromatic heterocycles. The van der Waals surface area contributed by atoms with E-state index in [9.17, 15) is 4.79 Å². The Labute approximate surface area is 160 Å². The number of carbonyl (C=O) groups excluding carboxylic acids is 1. The Balaban J connectivity index is 2.04. The Morgan fingerprint density at radius 1 is 1.22 bits per heavy atom. The summed E-state index contributed by atoms with van der Waals surface area (Å²) in [6.45, 7) is 4.34. The van der Waals surface area contributed by atoms with Crippen LogP contribution in [0.2, 0.25) is 0 Å². The van der Waals surface area contributed by atoms with Gasteiger partial charge in [-0.3, -0.25) is 4.79 Å². The van der Waals surface area contributed by atoms with Gasteiger partial charge in [-0.05, 0) is 61.2 Å². The van der Waals surface area contributed by atoms with E-state index < -0.39 is 0 Å². The zero-order valence-corrected chi connectivity index (χ0v) is 16.0. The van der Waals surface area contributed by atoms with E-state index in [2.05, 4.69) is 31.3 Å². The molecule has 0 bridgehead atoms. The monoisotopic (exact) mass is 360 g/mol. The van der Waals surface area contributed by atoms with Crippen LogP contribution in [0.15, 0.2) is 48.5 Å². The van der Waals surface area contributed by atoms with Crippen LogP contribution in [-0.4, -0.2) is 18.4 Å². The van der Waals surface area contributed by atoms with E-state index in [1.54, 1.807) is 37.5 Å². The second-order valence-electron chi connectivity index (χ2n) is 6.92. The molecule has 27 heavy (non-hydrogen) atoms. The largest absolute Gasteiger partial charge is 0.497 e. The van der Waals surface area contributed by atoms with Gasteiger partial charge in [-0.1, -0.05) is 19.9 Å². The van der Waals surface area contributed by atoms with Gasteiger partial charge in [-0.15, -0.1) is 0 Å². The molecule has 0 aliphatic carbocycles. The first-order valence-corrected chi connectivity index (χ1v) is 9.26. The topological polar surface area (TPSA) is 62.1 Å². The van der Waals surface area contributed by atoms with Gasteiger partial charge in [-0.2, -0.15) is 5.26 Å². The Kier molecular flexibility index (Phi) is 5.32. The summed E-state index contributed by atoms with van der Waals surface area (Å²) in [5, 5.41) is 12.6. The number of rotatable bonds is 5. The second kappa shape index (κ2) is 7.67. The van der Waals surface area contributed by atoms with E-state index in [-0.39, 0.29) is 11.3 Å². The lowest BCUT2D eigenvalue weighted by Crippen LogP contribution is -2.48. The lowest BCUT2D eigenvalue weighted by Gasteiger charge is -2.40. The first kappa shape index (κ1) is 18.7. The molecule has 1 N–H and O–H groups in total. The van der Waals surface area contributed by atoms with Crippen LogP contribution in [0.1, 0.15) is 53.7 Å². The highest BCUT2D eigenvalue weighted by atomic mass is 16.5. The number of ether oxygens (including phenoxy) is 1. The first-order chi connectivity index (χ1) is 13.0. The van der Waals surface area contributed by atoms with Crippen LogP contribution in [0, 0.1) is 11.3 Å². The molecule has 1 heterocycles. The number of hydrogen-bond donors (Lipinski definition) is 1. The van der Waals surface area contributed by atoms with Crippen LogP contribution in [0.3, 0.4) is 0 Å². The summed E-state index contributed by atoms with van der Waals surface area (Å²) in [6.07, 6.45) is 4.52. The third-order valence-corrected chi connectivity index (χ3v) is 5.46. The molecule has 0 amide bonds. The summed E-state index contributed by atoms with van der Waals surface area (Å²) in [4.78, 5) is 12.8. The fourth-order valence-electron chi connectivity index (χ4n) is 3.56. The highest BCUT2D eigenvalue weighted by molar-refractivity contribution is 6.08. The molecule has 3 rings (SSSR count). The Hall–Kier alpha value is -3.06. The van der Waals surface area contributed by atoms with Crippen molar-refractivity contribution in [1.29, 1.82) is 5.26 Å². The number of nitrogens with zero attached hydrogens (tertiary/aromatic N) is 1. The zero-order valence-electron chi connectivity index (χ0n) is 16.0. The number of benzene rings is 2. The van der Waals surface area contributed by atoms with Gasteiger partial charge in [0.25, 0.3) is 0 Å². The second-order valence-corrected chi connectivity index (χ2v) is 6.92. The van der Waals surface area contributed by atoms with Gasteiger partial charge in [0, 0.05) is 28.4 Å². The van der Waals surface area contributed by atoms with Gasteiger partial charge in [0.2, 0.25) is 0 Å². The van der Waals surface area contributed by atoms with Crippen LogP contribution >= 0.6 is 0 Å². The lowest BCUT2D eigenvalue weighted by molar-refractivity contribution is 0.104. The van der Waals surface area contributed by atoms with Crippen molar-refractivity contribution in [2.75, 3.05) is 7.11 Å². The predicted molar refractivity (Wildman–Crippen MR) is 107 cm³/mol. The molecule has 1 aliphatic rings. The lowest BCUT2D eigenvalue weighted by atomic mass is 9.79. The van der Waals surface area contributed by atoms with Crippen molar-refractivity contribution in [2.24, 2.45) is 0 Å². The molecule has 0 saturated carbocycles. The number of nitriles is 1. The minimum atomic E-state index is -0.0845.